The first-order valence-electron chi connectivity index (χ1n) is 5.27. The summed E-state index contributed by atoms with van der Waals surface area (Å²) in [6.45, 7) is 0.386. The van der Waals surface area contributed by atoms with E-state index in [1.165, 1.54) is 12.1 Å². The summed E-state index contributed by atoms with van der Waals surface area (Å²) < 4.78 is 42.1. The SMILES string of the molecule is O=C1CC(COc2ccc(C(F)(F)F)cc2)C1. The number of carbonyl (C=O) groups excluding carboxylic acids is 1. The van der Waals surface area contributed by atoms with Gasteiger partial charge in [0.05, 0.1) is 12.2 Å². The average Bonchev–Trinajstić information content (AvgIpc) is 2.22. The van der Waals surface area contributed by atoms with Gasteiger partial charge in [-0.2, -0.15) is 13.2 Å². The molecule has 2 rings (SSSR count). The van der Waals surface area contributed by atoms with Gasteiger partial charge in [-0.1, -0.05) is 0 Å². The summed E-state index contributed by atoms with van der Waals surface area (Å²) >= 11 is 0. The second-order valence-corrected chi connectivity index (χ2v) is 4.15. The van der Waals surface area contributed by atoms with E-state index in [0.717, 1.165) is 12.1 Å². The van der Waals surface area contributed by atoms with Crippen molar-refractivity contribution < 1.29 is 22.7 Å². The lowest BCUT2D eigenvalue weighted by atomic mass is 9.85. The van der Waals surface area contributed by atoms with Crippen molar-refractivity contribution >= 4 is 5.78 Å². The third-order valence-corrected chi connectivity index (χ3v) is 2.70. The molecule has 2 nitrogen and oxygen atoms in total. The molecule has 0 aromatic heterocycles. The molecule has 1 aromatic rings. The van der Waals surface area contributed by atoms with E-state index in [1.54, 1.807) is 0 Å². The van der Waals surface area contributed by atoms with Crippen LogP contribution in [0.2, 0.25) is 0 Å². The Hall–Kier alpha value is -1.52. The van der Waals surface area contributed by atoms with Gasteiger partial charge in [-0.25, -0.2) is 0 Å². The van der Waals surface area contributed by atoms with Gasteiger partial charge >= 0.3 is 6.18 Å². The van der Waals surface area contributed by atoms with Crippen molar-refractivity contribution in [3.8, 4) is 5.75 Å². The summed E-state index contributed by atoms with van der Waals surface area (Å²) in [7, 11) is 0. The molecule has 1 aromatic carbocycles. The number of benzene rings is 1. The predicted molar refractivity (Wildman–Crippen MR) is 54.7 cm³/mol. The van der Waals surface area contributed by atoms with Crippen molar-refractivity contribution in [2.75, 3.05) is 6.61 Å². The maximum absolute atomic E-state index is 12.3. The Morgan fingerprint density at radius 3 is 2.24 bits per heavy atom. The highest BCUT2D eigenvalue weighted by Crippen LogP contribution is 2.30. The van der Waals surface area contributed by atoms with Crippen LogP contribution in [0.3, 0.4) is 0 Å². The van der Waals surface area contributed by atoms with E-state index in [0.29, 0.717) is 25.2 Å². The largest absolute Gasteiger partial charge is 0.493 e. The topological polar surface area (TPSA) is 26.3 Å². The molecule has 0 saturated heterocycles. The maximum atomic E-state index is 12.3. The van der Waals surface area contributed by atoms with E-state index in [9.17, 15) is 18.0 Å². The zero-order valence-electron chi connectivity index (χ0n) is 8.96. The molecule has 0 heterocycles. The van der Waals surface area contributed by atoms with Crippen LogP contribution in [-0.2, 0) is 11.0 Å². The fourth-order valence-corrected chi connectivity index (χ4v) is 1.66. The molecule has 92 valence electrons. The Morgan fingerprint density at radius 1 is 1.18 bits per heavy atom. The van der Waals surface area contributed by atoms with E-state index in [2.05, 4.69) is 0 Å². The van der Waals surface area contributed by atoms with Crippen LogP contribution in [0.4, 0.5) is 13.2 Å². The number of alkyl halides is 3. The standard InChI is InChI=1S/C12H11F3O2/c13-12(14,15)9-1-3-11(4-2-9)17-7-8-5-10(16)6-8/h1-4,8H,5-7H2. The highest BCUT2D eigenvalue weighted by molar-refractivity contribution is 5.84. The van der Waals surface area contributed by atoms with Gasteiger partial charge in [0, 0.05) is 18.8 Å². The number of carbonyl (C=O) groups is 1. The molecular weight excluding hydrogens is 233 g/mol. The van der Waals surface area contributed by atoms with Crippen molar-refractivity contribution in [3.63, 3.8) is 0 Å². The van der Waals surface area contributed by atoms with Crippen LogP contribution in [0.15, 0.2) is 24.3 Å². The molecule has 0 amide bonds. The van der Waals surface area contributed by atoms with E-state index in [4.69, 9.17) is 4.74 Å². The Kier molecular flexibility index (Phi) is 3.09. The van der Waals surface area contributed by atoms with E-state index in [-0.39, 0.29) is 11.7 Å². The lowest BCUT2D eigenvalue weighted by Crippen LogP contribution is -2.28. The number of rotatable bonds is 3. The summed E-state index contributed by atoms with van der Waals surface area (Å²) in [6, 6.07) is 4.56. The predicted octanol–water partition coefficient (Wildman–Crippen LogP) is 3.06. The van der Waals surface area contributed by atoms with Gasteiger partial charge in [-0.05, 0) is 24.3 Å². The van der Waals surface area contributed by atoms with Crippen molar-refractivity contribution in [3.05, 3.63) is 29.8 Å². The molecule has 5 heteroatoms. The quantitative estimate of drug-likeness (QED) is 0.816. The number of hydrogen-bond donors (Lipinski definition) is 0. The maximum Gasteiger partial charge on any atom is 0.416 e. The molecule has 0 unspecified atom stereocenters. The second-order valence-electron chi connectivity index (χ2n) is 4.15. The molecule has 17 heavy (non-hydrogen) atoms. The average molecular weight is 244 g/mol. The molecule has 0 aliphatic heterocycles. The number of ether oxygens (including phenoxy) is 1. The van der Waals surface area contributed by atoms with Gasteiger partial charge in [0.1, 0.15) is 11.5 Å². The van der Waals surface area contributed by atoms with Crippen molar-refractivity contribution in [2.45, 2.75) is 19.0 Å². The minimum Gasteiger partial charge on any atom is -0.493 e. The van der Waals surface area contributed by atoms with Crippen molar-refractivity contribution in [1.82, 2.24) is 0 Å². The summed E-state index contributed by atoms with van der Waals surface area (Å²) in [4.78, 5) is 10.7. The smallest absolute Gasteiger partial charge is 0.416 e. The molecule has 0 radical (unpaired) electrons. The highest BCUT2D eigenvalue weighted by Gasteiger charge is 2.30. The number of Topliss-reactive ketones (excluding diaryl/α,β-unsaturated/α-hetero) is 1. The molecular formula is C12H11F3O2. The first-order valence-corrected chi connectivity index (χ1v) is 5.27. The van der Waals surface area contributed by atoms with Crippen LogP contribution in [0.5, 0.6) is 5.75 Å². The summed E-state index contributed by atoms with van der Waals surface area (Å²) in [5, 5.41) is 0. The summed E-state index contributed by atoms with van der Waals surface area (Å²) in [6.07, 6.45) is -3.29. The third-order valence-electron chi connectivity index (χ3n) is 2.70. The molecule has 0 bridgehead atoms. The molecule has 0 N–H and O–H groups in total. The monoisotopic (exact) mass is 244 g/mol. The van der Waals surface area contributed by atoms with Gasteiger partial charge in [-0.3, -0.25) is 4.79 Å². The van der Waals surface area contributed by atoms with Crippen LogP contribution < -0.4 is 4.74 Å². The zero-order valence-corrected chi connectivity index (χ0v) is 8.96. The van der Waals surface area contributed by atoms with Gasteiger partial charge in [0.25, 0.3) is 0 Å². The van der Waals surface area contributed by atoms with Crippen LogP contribution in [0.25, 0.3) is 0 Å². The van der Waals surface area contributed by atoms with Crippen LogP contribution >= 0.6 is 0 Å². The van der Waals surface area contributed by atoms with Gasteiger partial charge < -0.3 is 4.74 Å². The Labute approximate surface area is 96.4 Å². The Balaban J connectivity index is 1.88. The molecule has 1 aliphatic carbocycles. The van der Waals surface area contributed by atoms with Gasteiger partial charge in [-0.15, -0.1) is 0 Å². The van der Waals surface area contributed by atoms with Crippen LogP contribution in [0.1, 0.15) is 18.4 Å². The fourth-order valence-electron chi connectivity index (χ4n) is 1.66. The minimum absolute atomic E-state index is 0.213. The first kappa shape index (κ1) is 12.0. The number of hydrogen-bond acceptors (Lipinski definition) is 2. The number of halogens is 3. The van der Waals surface area contributed by atoms with E-state index < -0.39 is 11.7 Å². The molecule has 1 saturated carbocycles. The minimum atomic E-state index is -4.32. The lowest BCUT2D eigenvalue weighted by molar-refractivity contribution is -0.137. The van der Waals surface area contributed by atoms with Gasteiger partial charge in [0.15, 0.2) is 0 Å². The first-order chi connectivity index (χ1) is 7.95. The van der Waals surface area contributed by atoms with E-state index >= 15 is 0 Å². The number of ketones is 1. The Morgan fingerprint density at radius 2 is 1.76 bits per heavy atom. The van der Waals surface area contributed by atoms with Crippen molar-refractivity contribution in [2.24, 2.45) is 5.92 Å². The molecule has 1 fully saturated rings. The summed E-state index contributed by atoms with van der Waals surface area (Å²) in [5.74, 6) is 0.827. The van der Waals surface area contributed by atoms with Gasteiger partial charge in [0.2, 0.25) is 0 Å². The zero-order chi connectivity index (χ0) is 12.5. The van der Waals surface area contributed by atoms with Crippen molar-refractivity contribution in [1.29, 1.82) is 0 Å². The van der Waals surface area contributed by atoms with Crippen LogP contribution in [0, 0.1) is 5.92 Å². The third kappa shape index (κ3) is 2.99. The normalized spacial score (nSPS) is 16.8. The Bertz CT molecular complexity index is 401. The molecule has 0 spiro atoms. The highest BCUT2D eigenvalue weighted by atomic mass is 19.4. The molecule has 1 aliphatic rings. The van der Waals surface area contributed by atoms with E-state index in [1.807, 2.05) is 0 Å². The summed E-state index contributed by atoms with van der Waals surface area (Å²) in [5.41, 5.74) is -0.691. The second kappa shape index (κ2) is 4.39. The van der Waals surface area contributed by atoms with Crippen LogP contribution in [-0.4, -0.2) is 12.4 Å². The molecule has 0 atom stereocenters. The fraction of sp³-hybridized carbons (Fsp3) is 0.417. The lowest BCUT2D eigenvalue weighted by Gasteiger charge is -2.23.